The molecule has 0 fully saturated rings. The molecule has 0 heterocycles. The van der Waals surface area contributed by atoms with E-state index in [9.17, 15) is 17.6 Å². The van der Waals surface area contributed by atoms with Crippen molar-refractivity contribution in [3.05, 3.63) is 28.5 Å². The number of rotatable bonds is 4. The second-order valence-corrected chi connectivity index (χ2v) is 7.32. The van der Waals surface area contributed by atoms with Gasteiger partial charge in [-0.3, -0.25) is 4.79 Å². The third-order valence-corrected chi connectivity index (χ3v) is 4.80. The minimum absolute atomic E-state index is 0.0992. The Morgan fingerprint density at radius 2 is 2.00 bits per heavy atom. The Bertz CT molecular complexity index is 634. The Kier molecular flexibility index (Phi) is 5.40. The minimum atomic E-state index is -4.15. The molecule has 0 aromatic heterocycles. The highest BCUT2D eigenvalue weighted by Crippen LogP contribution is 2.27. The number of carbonyl (C=O) groups is 1. The van der Waals surface area contributed by atoms with E-state index in [2.05, 4.69) is 0 Å². The minimum Gasteiger partial charge on any atom is -0.339 e. The second-order valence-electron chi connectivity index (χ2n) is 4.38. The van der Waals surface area contributed by atoms with Gasteiger partial charge in [-0.25, -0.2) is 12.8 Å². The average Bonchev–Trinajstić information content (AvgIpc) is 2.37. The van der Waals surface area contributed by atoms with Crippen LogP contribution in [0.5, 0.6) is 0 Å². The van der Waals surface area contributed by atoms with Crippen LogP contribution in [0.4, 0.5) is 4.39 Å². The van der Waals surface area contributed by atoms with Gasteiger partial charge in [0.15, 0.2) is 0 Å². The Hall–Kier alpha value is -0.850. The van der Waals surface area contributed by atoms with Crippen molar-refractivity contribution in [1.82, 2.24) is 4.90 Å². The molecule has 20 heavy (non-hydrogen) atoms. The van der Waals surface area contributed by atoms with Crippen LogP contribution in [0.15, 0.2) is 17.0 Å². The summed E-state index contributed by atoms with van der Waals surface area (Å²) in [6, 6.07) is 1.57. The van der Waals surface area contributed by atoms with Gasteiger partial charge in [0.05, 0.1) is 15.5 Å². The summed E-state index contributed by atoms with van der Waals surface area (Å²) in [5.74, 6) is -1.57. The summed E-state index contributed by atoms with van der Waals surface area (Å²) >= 11 is 5.74. The fourth-order valence-electron chi connectivity index (χ4n) is 1.52. The molecule has 1 aromatic carbocycles. The van der Waals surface area contributed by atoms with E-state index in [0.29, 0.717) is 12.5 Å². The van der Waals surface area contributed by atoms with E-state index in [-0.39, 0.29) is 11.6 Å². The lowest BCUT2D eigenvalue weighted by Gasteiger charge is -2.24. The molecule has 1 aromatic rings. The zero-order chi connectivity index (χ0) is 15.7. The number of halogens is 3. The molecule has 1 amide bonds. The first-order valence-corrected chi connectivity index (χ1v) is 8.49. The highest BCUT2D eigenvalue weighted by atomic mass is 35.7. The fraction of sp³-hybridized carbons (Fsp3) is 0.417. The molecule has 0 saturated heterocycles. The quantitative estimate of drug-likeness (QED) is 0.789. The molecule has 0 spiro atoms. The molecular formula is C12H14Cl2FNO3S. The van der Waals surface area contributed by atoms with E-state index in [1.807, 2.05) is 13.8 Å². The molecule has 0 aliphatic carbocycles. The Morgan fingerprint density at radius 1 is 1.45 bits per heavy atom. The van der Waals surface area contributed by atoms with Gasteiger partial charge in [-0.1, -0.05) is 18.5 Å². The smallest absolute Gasteiger partial charge is 0.261 e. The van der Waals surface area contributed by atoms with Gasteiger partial charge in [0, 0.05) is 23.8 Å². The molecule has 0 saturated carbocycles. The zero-order valence-corrected chi connectivity index (χ0v) is 13.5. The van der Waals surface area contributed by atoms with E-state index >= 15 is 0 Å². The van der Waals surface area contributed by atoms with Gasteiger partial charge in [-0.05, 0) is 25.5 Å². The lowest BCUT2D eigenvalue weighted by Crippen LogP contribution is -2.34. The molecule has 1 atom stereocenters. The third kappa shape index (κ3) is 3.62. The monoisotopic (exact) mass is 341 g/mol. The SMILES string of the molecule is CCC(C)N(C)C(=O)c1cc(S(=O)(=O)Cl)cc(F)c1Cl. The van der Waals surface area contributed by atoms with Crippen molar-refractivity contribution in [2.45, 2.75) is 31.2 Å². The van der Waals surface area contributed by atoms with E-state index in [1.54, 1.807) is 0 Å². The average molecular weight is 342 g/mol. The van der Waals surface area contributed by atoms with Crippen LogP contribution in [0.2, 0.25) is 5.02 Å². The molecule has 1 unspecified atom stereocenters. The predicted molar refractivity (Wildman–Crippen MR) is 76.3 cm³/mol. The Labute approximate surface area is 126 Å². The van der Waals surface area contributed by atoms with E-state index in [0.717, 1.165) is 6.07 Å². The van der Waals surface area contributed by atoms with Crippen LogP contribution < -0.4 is 0 Å². The lowest BCUT2D eigenvalue weighted by atomic mass is 10.1. The molecule has 0 aliphatic heterocycles. The maximum absolute atomic E-state index is 13.7. The van der Waals surface area contributed by atoms with Crippen molar-refractivity contribution >= 4 is 37.2 Å². The van der Waals surface area contributed by atoms with Crippen molar-refractivity contribution in [3.8, 4) is 0 Å². The summed E-state index contributed by atoms with van der Waals surface area (Å²) in [6.45, 7) is 3.70. The molecule has 0 N–H and O–H groups in total. The number of amides is 1. The largest absolute Gasteiger partial charge is 0.339 e. The number of hydrogen-bond donors (Lipinski definition) is 0. The van der Waals surface area contributed by atoms with Gasteiger partial charge in [0.2, 0.25) is 0 Å². The Balaban J connectivity index is 3.38. The molecule has 4 nitrogen and oxygen atoms in total. The lowest BCUT2D eigenvalue weighted by molar-refractivity contribution is 0.0740. The first-order chi connectivity index (χ1) is 9.09. The molecule has 0 aliphatic rings. The normalized spacial score (nSPS) is 13.1. The molecule has 1 rings (SSSR count). The standard InChI is InChI=1S/C12H14Cl2FNO3S/c1-4-7(2)16(3)12(17)9-5-8(20(14,18)19)6-10(15)11(9)13/h5-7H,4H2,1-3H3. The molecule has 0 radical (unpaired) electrons. The van der Waals surface area contributed by atoms with Crippen molar-refractivity contribution in [3.63, 3.8) is 0 Å². The van der Waals surface area contributed by atoms with Crippen LogP contribution in [0.3, 0.4) is 0 Å². The van der Waals surface area contributed by atoms with E-state index in [4.69, 9.17) is 22.3 Å². The number of carbonyl (C=O) groups excluding carboxylic acids is 1. The second kappa shape index (κ2) is 6.28. The van der Waals surface area contributed by atoms with Gasteiger partial charge < -0.3 is 4.90 Å². The predicted octanol–water partition coefficient (Wildman–Crippen LogP) is 3.28. The van der Waals surface area contributed by atoms with E-state index < -0.39 is 30.7 Å². The summed E-state index contributed by atoms with van der Waals surface area (Å²) in [7, 11) is 2.55. The summed E-state index contributed by atoms with van der Waals surface area (Å²) in [6.07, 6.45) is 0.690. The van der Waals surface area contributed by atoms with Crippen LogP contribution in [0, 0.1) is 5.82 Å². The maximum atomic E-state index is 13.7. The third-order valence-electron chi connectivity index (χ3n) is 3.09. The Morgan fingerprint density at radius 3 is 2.45 bits per heavy atom. The van der Waals surface area contributed by atoms with Crippen molar-refractivity contribution < 1.29 is 17.6 Å². The molecule has 8 heteroatoms. The van der Waals surface area contributed by atoms with Crippen molar-refractivity contribution in [1.29, 1.82) is 0 Å². The summed E-state index contributed by atoms with van der Waals surface area (Å²) < 4.78 is 36.2. The topological polar surface area (TPSA) is 54.5 Å². The van der Waals surface area contributed by atoms with Crippen LogP contribution in [0.25, 0.3) is 0 Å². The van der Waals surface area contributed by atoms with Crippen LogP contribution >= 0.6 is 22.3 Å². The number of benzene rings is 1. The van der Waals surface area contributed by atoms with E-state index in [1.165, 1.54) is 11.9 Å². The number of hydrogen-bond acceptors (Lipinski definition) is 3. The fourth-order valence-corrected chi connectivity index (χ4v) is 2.48. The maximum Gasteiger partial charge on any atom is 0.261 e. The van der Waals surface area contributed by atoms with Crippen LogP contribution in [-0.4, -0.2) is 32.3 Å². The van der Waals surface area contributed by atoms with Crippen LogP contribution in [0.1, 0.15) is 30.6 Å². The summed E-state index contributed by atoms with van der Waals surface area (Å²) in [4.78, 5) is 13.1. The van der Waals surface area contributed by atoms with Crippen LogP contribution in [-0.2, 0) is 9.05 Å². The molecular weight excluding hydrogens is 328 g/mol. The van der Waals surface area contributed by atoms with Gasteiger partial charge in [0.25, 0.3) is 15.0 Å². The summed E-state index contributed by atoms with van der Waals surface area (Å²) in [5, 5.41) is -0.422. The number of nitrogens with zero attached hydrogens (tertiary/aromatic N) is 1. The first-order valence-electron chi connectivity index (χ1n) is 5.80. The highest BCUT2D eigenvalue weighted by molar-refractivity contribution is 8.13. The molecule has 0 bridgehead atoms. The zero-order valence-electron chi connectivity index (χ0n) is 11.2. The molecule has 112 valence electrons. The van der Waals surface area contributed by atoms with Gasteiger partial charge in [-0.2, -0.15) is 0 Å². The van der Waals surface area contributed by atoms with Gasteiger partial charge in [-0.15, -0.1) is 0 Å². The van der Waals surface area contributed by atoms with Crippen molar-refractivity contribution in [2.75, 3.05) is 7.05 Å². The van der Waals surface area contributed by atoms with Gasteiger partial charge in [0.1, 0.15) is 5.82 Å². The summed E-state index contributed by atoms with van der Waals surface area (Å²) in [5.41, 5.74) is -0.228. The van der Waals surface area contributed by atoms with Gasteiger partial charge >= 0.3 is 0 Å². The van der Waals surface area contributed by atoms with Crippen molar-refractivity contribution in [2.24, 2.45) is 0 Å². The first kappa shape index (κ1) is 17.2. The highest BCUT2D eigenvalue weighted by Gasteiger charge is 2.24.